The van der Waals surface area contributed by atoms with Crippen LogP contribution in [-0.2, 0) is 20.3 Å². The second-order valence-corrected chi connectivity index (χ2v) is 6.78. The Kier molecular flexibility index (Phi) is 5.56. The van der Waals surface area contributed by atoms with Crippen molar-refractivity contribution in [2.24, 2.45) is 7.05 Å². The third-order valence-electron chi connectivity index (χ3n) is 4.65. The zero-order valence-corrected chi connectivity index (χ0v) is 16.7. The van der Waals surface area contributed by atoms with Crippen LogP contribution >= 0.6 is 0 Å². The van der Waals surface area contributed by atoms with Crippen LogP contribution in [-0.4, -0.2) is 24.8 Å². The molecule has 0 aliphatic carbocycles. The fraction of sp³-hybridized carbons (Fsp3) is 0.182. The van der Waals surface area contributed by atoms with Crippen LogP contribution in [0, 0.1) is 6.92 Å². The van der Waals surface area contributed by atoms with Gasteiger partial charge in [0.05, 0.1) is 5.69 Å². The second-order valence-electron chi connectivity index (χ2n) is 6.78. The van der Waals surface area contributed by atoms with Crippen molar-refractivity contribution in [1.29, 1.82) is 0 Å². The van der Waals surface area contributed by atoms with Gasteiger partial charge >= 0.3 is 5.69 Å². The largest absolute Gasteiger partial charge is 0.489 e. The first-order chi connectivity index (χ1) is 14.6. The average molecular weight is 403 g/mol. The van der Waals surface area contributed by atoms with Gasteiger partial charge in [-0.25, -0.2) is 4.79 Å². The number of hydrogen-bond donors (Lipinski definition) is 0. The summed E-state index contributed by atoms with van der Waals surface area (Å²) in [5.74, 6) is 1.37. The first-order valence-electron chi connectivity index (χ1n) is 9.44. The van der Waals surface area contributed by atoms with Crippen LogP contribution in [0.25, 0.3) is 5.69 Å². The van der Waals surface area contributed by atoms with Gasteiger partial charge in [-0.2, -0.15) is 9.36 Å². The molecular weight excluding hydrogens is 382 g/mol. The Balaban J connectivity index is 1.50. The zero-order chi connectivity index (χ0) is 20.9. The van der Waals surface area contributed by atoms with Gasteiger partial charge in [0.1, 0.15) is 24.7 Å². The van der Waals surface area contributed by atoms with E-state index in [1.165, 1.54) is 9.36 Å². The predicted molar refractivity (Wildman–Crippen MR) is 111 cm³/mol. The van der Waals surface area contributed by atoms with Gasteiger partial charge in [0, 0.05) is 36.6 Å². The van der Waals surface area contributed by atoms with E-state index in [0.717, 1.165) is 16.7 Å². The minimum Gasteiger partial charge on any atom is -0.489 e. The fourth-order valence-corrected chi connectivity index (χ4v) is 3.00. The molecule has 0 N–H and O–H groups in total. The van der Waals surface area contributed by atoms with E-state index in [-0.39, 0.29) is 12.3 Å². The number of ether oxygens (including phenoxy) is 2. The van der Waals surface area contributed by atoms with Crippen LogP contribution < -0.4 is 15.2 Å². The number of hydrogen-bond acceptors (Lipinski definition) is 6. The highest BCUT2D eigenvalue weighted by molar-refractivity contribution is 5.45. The Morgan fingerprint density at radius 2 is 1.70 bits per heavy atom. The molecule has 0 radical (unpaired) electrons. The lowest BCUT2D eigenvalue weighted by molar-refractivity contribution is 0.289. The molecule has 152 valence electrons. The number of tetrazole rings is 1. The van der Waals surface area contributed by atoms with Gasteiger partial charge in [-0.1, -0.05) is 24.3 Å². The molecule has 2 aromatic carbocycles. The van der Waals surface area contributed by atoms with Crippen molar-refractivity contribution in [3.8, 4) is 17.2 Å². The Morgan fingerprint density at radius 3 is 2.40 bits per heavy atom. The summed E-state index contributed by atoms with van der Waals surface area (Å²) in [5, 5.41) is 7.74. The molecule has 0 unspecified atom stereocenters. The molecule has 2 aromatic heterocycles. The Morgan fingerprint density at radius 1 is 0.933 bits per heavy atom. The van der Waals surface area contributed by atoms with E-state index in [0.29, 0.717) is 23.8 Å². The minimum absolute atomic E-state index is 0.275. The second kappa shape index (κ2) is 8.60. The highest BCUT2D eigenvalue weighted by Gasteiger charge is 2.13. The summed E-state index contributed by atoms with van der Waals surface area (Å²) in [7, 11) is 1.56. The Hall–Kier alpha value is -3.94. The standard InChI is InChI=1S/C22H21N5O3/c1-16-6-3-10-21(27-22(28)26(2)24-25-27)20(16)15-30-19-9-4-8-18(12-19)29-14-17-7-5-11-23-13-17/h3-13H,14-15H2,1-2H3. The monoisotopic (exact) mass is 403 g/mol. The smallest absolute Gasteiger partial charge is 0.368 e. The summed E-state index contributed by atoms with van der Waals surface area (Å²) in [4.78, 5) is 16.4. The van der Waals surface area contributed by atoms with Crippen molar-refractivity contribution in [3.63, 3.8) is 0 Å². The van der Waals surface area contributed by atoms with Crippen LogP contribution in [0.1, 0.15) is 16.7 Å². The number of nitrogens with zero attached hydrogens (tertiary/aromatic N) is 5. The third kappa shape index (κ3) is 4.22. The van der Waals surface area contributed by atoms with Crippen LogP contribution in [0.15, 0.2) is 71.8 Å². The van der Waals surface area contributed by atoms with Crippen molar-refractivity contribution in [1.82, 2.24) is 24.8 Å². The molecule has 0 aliphatic rings. The molecule has 0 aliphatic heterocycles. The van der Waals surface area contributed by atoms with Gasteiger partial charge in [0.2, 0.25) is 0 Å². The zero-order valence-electron chi connectivity index (χ0n) is 16.7. The molecule has 8 nitrogen and oxygen atoms in total. The van der Waals surface area contributed by atoms with Gasteiger partial charge in [-0.15, -0.1) is 0 Å². The number of aryl methyl sites for hydroxylation is 2. The lowest BCUT2D eigenvalue weighted by Gasteiger charge is -2.14. The maximum absolute atomic E-state index is 12.3. The normalized spacial score (nSPS) is 10.7. The van der Waals surface area contributed by atoms with Crippen LogP contribution in [0.4, 0.5) is 0 Å². The summed E-state index contributed by atoms with van der Waals surface area (Å²) in [6.45, 7) is 2.67. The lowest BCUT2D eigenvalue weighted by Crippen LogP contribution is -2.23. The maximum Gasteiger partial charge on any atom is 0.368 e. The van der Waals surface area contributed by atoms with Gasteiger partial charge in [-0.3, -0.25) is 4.98 Å². The topological polar surface area (TPSA) is 84.1 Å². The SMILES string of the molecule is Cc1cccc(-n2nnn(C)c2=O)c1COc1cccc(OCc2cccnc2)c1. The van der Waals surface area contributed by atoms with Crippen molar-refractivity contribution in [2.75, 3.05) is 0 Å². The van der Waals surface area contributed by atoms with Crippen molar-refractivity contribution in [2.45, 2.75) is 20.1 Å². The summed E-state index contributed by atoms with van der Waals surface area (Å²) in [6.07, 6.45) is 3.50. The van der Waals surface area contributed by atoms with Gasteiger partial charge in [-0.05, 0) is 47.2 Å². The lowest BCUT2D eigenvalue weighted by atomic mass is 10.1. The van der Waals surface area contributed by atoms with E-state index < -0.39 is 0 Å². The molecule has 2 heterocycles. The summed E-state index contributed by atoms with van der Waals surface area (Å²) >= 11 is 0. The highest BCUT2D eigenvalue weighted by atomic mass is 16.5. The van der Waals surface area contributed by atoms with Gasteiger partial charge < -0.3 is 9.47 Å². The van der Waals surface area contributed by atoms with E-state index in [2.05, 4.69) is 15.4 Å². The van der Waals surface area contributed by atoms with Gasteiger partial charge in [0.25, 0.3) is 0 Å². The summed E-state index contributed by atoms with van der Waals surface area (Å²) < 4.78 is 14.3. The maximum atomic E-state index is 12.3. The highest BCUT2D eigenvalue weighted by Crippen LogP contribution is 2.23. The molecule has 8 heteroatoms. The molecule has 0 saturated carbocycles. The van der Waals surface area contributed by atoms with Crippen LogP contribution in [0.3, 0.4) is 0 Å². The summed E-state index contributed by atoms with van der Waals surface area (Å²) in [5.41, 5.74) is 3.18. The first kappa shape index (κ1) is 19.4. The molecule has 0 amide bonds. The van der Waals surface area contributed by atoms with Crippen LogP contribution in [0.5, 0.6) is 11.5 Å². The van der Waals surface area contributed by atoms with Gasteiger partial charge in [0.15, 0.2) is 0 Å². The number of rotatable bonds is 7. The minimum atomic E-state index is -0.312. The molecule has 0 fully saturated rings. The predicted octanol–water partition coefficient (Wildman–Crippen LogP) is 2.83. The van der Waals surface area contributed by atoms with Crippen LogP contribution in [0.2, 0.25) is 0 Å². The molecule has 0 atom stereocenters. The quantitative estimate of drug-likeness (QED) is 0.472. The number of aromatic nitrogens is 5. The molecule has 0 bridgehead atoms. The fourth-order valence-electron chi connectivity index (χ4n) is 3.00. The van der Waals surface area contributed by atoms with Crippen molar-refractivity contribution >= 4 is 0 Å². The first-order valence-corrected chi connectivity index (χ1v) is 9.44. The number of benzene rings is 2. The Labute approximate surface area is 173 Å². The molecule has 30 heavy (non-hydrogen) atoms. The van der Waals surface area contributed by atoms with E-state index in [9.17, 15) is 4.79 Å². The van der Waals surface area contributed by atoms with E-state index in [1.54, 1.807) is 19.4 Å². The number of pyridine rings is 1. The van der Waals surface area contributed by atoms with E-state index in [1.807, 2.05) is 61.5 Å². The molecular formula is C22H21N5O3. The van der Waals surface area contributed by atoms with E-state index in [4.69, 9.17) is 9.47 Å². The van der Waals surface area contributed by atoms with Crippen molar-refractivity contribution < 1.29 is 9.47 Å². The molecule has 4 aromatic rings. The molecule has 0 saturated heterocycles. The van der Waals surface area contributed by atoms with Crippen molar-refractivity contribution in [3.05, 3.63) is 94.2 Å². The molecule has 4 rings (SSSR count). The average Bonchev–Trinajstić information content (AvgIpc) is 3.10. The molecule has 0 spiro atoms. The third-order valence-corrected chi connectivity index (χ3v) is 4.65. The summed E-state index contributed by atoms with van der Waals surface area (Å²) in [6, 6.07) is 17.0. The van der Waals surface area contributed by atoms with E-state index >= 15 is 0 Å². The Bertz CT molecular complexity index is 1200.